The molecule has 0 saturated carbocycles. The molecule has 0 aliphatic carbocycles. The van der Waals surface area contributed by atoms with Crippen LogP contribution in [0.25, 0.3) is 0 Å². The highest BCUT2D eigenvalue weighted by atomic mass is 16.6. The lowest BCUT2D eigenvalue weighted by Gasteiger charge is -2.37. The second kappa shape index (κ2) is 10.6. The number of aromatic nitrogens is 2. The predicted molar refractivity (Wildman–Crippen MR) is 140 cm³/mol. The minimum absolute atomic E-state index is 0.172. The summed E-state index contributed by atoms with van der Waals surface area (Å²) >= 11 is 0. The van der Waals surface area contributed by atoms with Crippen LogP contribution in [0.4, 0.5) is 0 Å². The molecule has 190 valence electrons. The number of aromatic amines is 1. The summed E-state index contributed by atoms with van der Waals surface area (Å²) in [5.74, 6) is 0.745. The van der Waals surface area contributed by atoms with Gasteiger partial charge in [-0.25, -0.2) is 4.79 Å². The molecule has 1 fully saturated rings. The Morgan fingerprint density at radius 2 is 1.51 bits per heavy atom. The first-order chi connectivity index (χ1) is 18.0. The summed E-state index contributed by atoms with van der Waals surface area (Å²) in [6.07, 6.45) is 0.759. The molecule has 0 bridgehead atoms. The maximum atomic E-state index is 12.3. The molecule has 8 nitrogen and oxygen atoms in total. The van der Waals surface area contributed by atoms with E-state index in [2.05, 4.69) is 4.98 Å². The summed E-state index contributed by atoms with van der Waals surface area (Å²) in [7, 11) is 1.64. The van der Waals surface area contributed by atoms with Gasteiger partial charge in [-0.15, -0.1) is 0 Å². The maximum absolute atomic E-state index is 12.3. The van der Waals surface area contributed by atoms with Crippen molar-refractivity contribution in [2.24, 2.45) is 5.73 Å². The molecule has 2 heterocycles. The molecule has 3 N–H and O–H groups in total. The number of nitrogens with two attached hydrogens (primary N) is 1. The molecule has 1 saturated heterocycles. The lowest BCUT2D eigenvalue weighted by Crippen LogP contribution is -2.40. The number of hydrogen-bond acceptors (Lipinski definition) is 6. The Labute approximate surface area is 214 Å². The highest BCUT2D eigenvalue weighted by Crippen LogP contribution is 2.42. The normalized spacial score (nSPS) is 19.6. The zero-order valence-electron chi connectivity index (χ0n) is 20.4. The number of ether oxygens (including phenoxy) is 3. The van der Waals surface area contributed by atoms with Crippen molar-refractivity contribution in [1.29, 1.82) is 0 Å². The molecule has 1 aliphatic rings. The van der Waals surface area contributed by atoms with Gasteiger partial charge in [0.1, 0.15) is 17.6 Å². The van der Waals surface area contributed by atoms with E-state index in [1.54, 1.807) is 7.11 Å². The van der Waals surface area contributed by atoms with Gasteiger partial charge in [-0.3, -0.25) is 14.3 Å². The molecule has 1 aliphatic heterocycles. The van der Waals surface area contributed by atoms with Crippen LogP contribution in [0.3, 0.4) is 0 Å². The molecule has 3 atom stereocenters. The van der Waals surface area contributed by atoms with Crippen LogP contribution >= 0.6 is 0 Å². The van der Waals surface area contributed by atoms with Crippen molar-refractivity contribution in [3.8, 4) is 5.75 Å². The van der Waals surface area contributed by atoms with Crippen LogP contribution in [0.1, 0.15) is 29.3 Å². The van der Waals surface area contributed by atoms with Crippen molar-refractivity contribution in [3.63, 3.8) is 0 Å². The summed E-state index contributed by atoms with van der Waals surface area (Å²) in [5.41, 5.74) is 7.34. The Morgan fingerprint density at radius 3 is 2.08 bits per heavy atom. The smallest absolute Gasteiger partial charge is 0.330 e. The molecule has 8 heteroatoms. The Hall–Kier alpha value is -3.98. The molecule has 0 spiro atoms. The van der Waals surface area contributed by atoms with E-state index in [-0.39, 0.29) is 12.6 Å². The number of nitrogens with zero attached hydrogens (tertiary/aromatic N) is 1. The SMILES string of the molecule is COc1ccc(C(OCC2O[C@@H](n3ccc(=O)[nH]c3=O)C[C@H]2N)(c2ccccc2)c2ccccc2)cc1. The van der Waals surface area contributed by atoms with Crippen LogP contribution in [0.15, 0.2) is 107 Å². The van der Waals surface area contributed by atoms with Crippen LogP contribution < -0.4 is 21.7 Å². The van der Waals surface area contributed by atoms with E-state index in [1.807, 2.05) is 84.9 Å². The molecule has 4 aromatic rings. The van der Waals surface area contributed by atoms with Crippen molar-refractivity contribution in [1.82, 2.24) is 9.55 Å². The number of hydrogen-bond donors (Lipinski definition) is 2. The van der Waals surface area contributed by atoms with E-state index < -0.39 is 29.2 Å². The van der Waals surface area contributed by atoms with Crippen molar-refractivity contribution < 1.29 is 14.2 Å². The van der Waals surface area contributed by atoms with Gasteiger partial charge in [0.05, 0.1) is 19.8 Å². The van der Waals surface area contributed by atoms with Gasteiger partial charge in [0.25, 0.3) is 5.56 Å². The Kier molecular flexibility index (Phi) is 7.05. The standard InChI is InChI=1S/C29H29N3O5/c1-35-23-14-12-22(13-15-23)29(20-8-4-2-5-9-20,21-10-6-3-7-11-21)36-19-25-24(30)18-27(37-25)32-17-16-26(33)31-28(32)34/h2-17,24-25,27H,18-19,30H2,1H3,(H,31,33,34)/t24-,25?,27-/m1/s1. The third-order valence-electron chi connectivity index (χ3n) is 6.77. The molecule has 0 amide bonds. The predicted octanol–water partition coefficient (Wildman–Crippen LogP) is 3.17. The number of methoxy groups -OCH3 is 1. The van der Waals surface area contributed by atoms with E-state index >= 15 is 0 Å². The van der Waals surface area contributed by atoms with Gasteiger partial charge in [-0.2, -0.15) is 0 Å². The van der Waals surface area contributed by atoms with E-state index in [1.165, 1.54) is 16.8 Å². The quantitative estimate of drug-likeness (QED) is 0.361. The molecule has 5 rings (SSSR count). The Bertz CT molecular complexity index is 1390. The first-order valence-corrected chi connectivity index (χ1v) is 12.1. The highest BCUT2D eigenvalue weighted by molar-refractivity contribution is 5.48. The second-order valence-corrected chi connectivity index (χ2v) is 9.00. The van der Waals surface area contributed by atoms with Crippen molar-refractivity contribution in [3.05, 3.63) is 135 Å². The minimum Gasteiger partial charge on any atom is -0.497 e. The fourth-order valence-electron chi connectivity index (χ4n) is 4.87. The average molecular weight is 500 g/mol. The summed E-state index contributed by atoms with van der Waals surface area (Å²) in [5, 5.41) is 0. The monoisotopic (exact) mass is 499 g/mol. The molecule has 3 aromatic carbocycles. The van der Waals surface area contributed by atoms with Gasteiger partial charge >= 0.3 is 5.69 Å². The molecule has 1 aromatic heterocycles. The van der Waals surface area contributed by atoms with Gasteiger partial charge in [0.2, 0.25) is 0 Å². The second-order valence-electron chi connectivity index (χ2n) is 9.00. The number of benzene rings is 3. The summed E-state index contributed by atoms with van der Waals surface area (Å²) in [6, 6.07) is 28.8. The molecular weight excluding hydrogens is 470 g/mol. The van der Waals surface area contributed by atoms with Crippen LogP contribution in [-0.4, -0.2) is 35.4 Å². The number of H-pyrrole nitrogens is 1. The minimum atomic E-state index is -0.954. The largest absolute Gasteiger partial charge is 0.497 e. The van der Waals surface area contributed by atoms with Gasteiger partial charge in [-0.05, 0) is 28.8 Å². The lowest BCUT2D eigenvalue weighted by molar-refractivity contribution is -0.0796. The van der Waals surface area contributed by atoms with Crippen LogP contribution in [0.5, 0.6) is 5.75 Å². The zero-order valence-corrected chi connectivity index (χ0v) is 20.4. The summed E-state index contributed by atoms with van der Waals surface area (Å²) in [6.45, 7) is 0.172. The molecule has 0 radical (unpaired) electrons. The van der Waals surface area contributed by atoms with Gasteiger partial charge in [-0.1, -0.05) is 72.8 Å². The topological polar surface area (TPSA) is 109 Å². The third-order valence-corrected chi connectivity index (χ3v) is 6.77. The molecule has 1 unspecified atom stereocenters. The summed E-state index contributed by atoms with van der Waals surface area (Å²) < 4.78 is 19.8. The van der Waals surface area contributed by atoms with E-state index in [0.29, 0.717) is 6.42 Å². The first kappa shape index (κ1) is 24.7. The van der Waals surface area contributed by atoms with E-state index in [4.69, 9.17) is 19.9 Å². The summed E-state index contributed by atoms with van der Waals surface area (Å²) in [4.78, 5) is 26.1. The van der Waals surface area contributed by atoms with Gasteiger partial charge in [0.15, 0.2) is 0 Å². The lowest BCUT2D eigenvalue weighted by atomic mass is 9.80. The van der Waals surface area contributed by atoms with Crippen LogP contribution in [0, 0.1) is 0 Å². The van der Waals surface area contributed by atoms with Crippen LogP contribution in [0.2, 0.25) is 0 Å². The van der Waals surface area contributed by atoms with E-state index in [0.717, 1.165) is 22.4 Å². The van der Waals surface area contributed by atoms with Crippen LogP contribution in [-0.2, 0) is 15.1 Å². The number of rotatable bonds is 8. The van der Waals surface area contributed by atoms with Gasteiger partial charge in [0, 0.05) is 24.7 Å². The fraction of sp³-hybridized carbons (Fsp3) is 0.241. The Morgan fingerprint density at radius 1 is 0.919 bits per heavy atom. The van der Waals surface area contributed by atoms with Crippen molar-refractivity contribution in [2.45, 2.75) is 30.4 Å². The highest BCUT2D eigenvalue weighted by Gasteiger charge is 2.41. The van der Waals surface area contributed by atoms with Gasteiger partial charge < -0.3 is 19.9 Å². The zero-order chi connectivity index (χ0) is 25.8. The molecule has 37 heavy (non-hydrogen) atoms. The van der Waals surface area contributed by atoms with E-state index in [9.17, 15) is 9.59 Å². The third kappa shape index (κ3) is 4.86. The first-order valence-electron chi connectivity index (χ1n) is 12.1. The Balaban J connectivity index is 1.52. The van der Waals surface area contributed by atoms with Crippen molar-refractivity contribution in [2.75, 3.05) is 13.7 Å². The van der Waals surface area contributed by atoms with Crippen molar-refractivity contribution >= 4 is 0 Å². The number of nitrogens with one attached hydrogen (secondary N) is 1. The average Bonchev–Trinajstić information content (AvgIpc) is 3.30. The molecular formula is C29H29N3O5. The maximum Gasteiger partial charge on any atom is 0.330 e. The fourth-order valence-corrected chi connectivity index (χ4v) is 4.87.